The highest BCUT2D eigenvalue weighted by molar-refractivity contribution is 5.79. The molecule has 1 atom stereocenters. The maximum absolute atomic E-state index is 12.4. The Morgan fingerprint density at radius 3 is 2.04 bits per heavy atom. The van der Waals surface area contributed by atoms with E-state index < -0.39 is 5.54 Å². The SMILES string of the molecule is CC(C)C(C)(C#N)NC(=O)CN1CCN(CC(=O)N2CCCCC2)CC1. The zero-order valence-corrected chi connectivity index (χ0v) is 16.5. The zero-order valence-electron chi connectivity index (χ0n) is 16.5. The second-order valence-corrected chi connectivity index (χ2v) is 8.01. The first-order valence-electron chi connectivity index (χ1n) is 9.79. The molecule has 0 saturated carbocycles. The molecule has 2 heterocycles. The van der Waals surface area contributed by atoms with Crippen molar-refractivity contribution in [3.63, 3.8) is 0 Å². The van der Waals surface area contributed by atoms with Crippen molar-refractivity contribution in [2.24, 2.45) is 5.92 Å². The number of piperidine rings is 1. The van der Waals surface area contributed by atoms with Crippen LogP contribution in [0.25, 0.3) is 0 Å². The number of likely N-dealkylation sites (tertiary alicyclic amines) is 1. The third kappa shape index (κ3) is 5.68. The minimum atomic E-state index is -0.834. The van der Waals surface area contributed by atoms with E-state index >= 15 is 0 Å². The van der Waals surface area contributed by atoms with Crippen LogP contribution in [0.1, 0.15) is 40.0 Å². The molecular weight excluding hydrogens is 330 g/mol. The molecule has 7 nitrogen and oxygen atoms in total. The second-order valence-electron chi connectivity index (χ2n) is 8.01. The van der Waals surface area contributed by atoms with Gasteiger partial charge in [-0.15, -0.1) is 0 Å². The van der Waals surface area contributed by atoms with Gasteiger partial charge in [-0.1, -0.05) is 13.8 Å². The molecule has 7 heteroatoms. The molecule has 0 radical (unpaired) electrons. The Bertz CT molecular complexity index is 531. The van der Waals surface area contributed by atoms with Crippen LogP contribution < -0.4 is 5.32 Å². The van der Waals surface area contributed by atoms with Crippen LogP contribution in [0.5, 0.6) is 0 Å². The van der Waals surface area contributed by atoms with E-state index in [1.165, 1.54) is 6.42 Å². The molecule has 0 aromatic heterocycles. The Hall–Kier alpha value is -1.65. The van der Waals surface area contributed by atoms with Crippen molar-refractivity contribution < 1.29 is 9.59 Å². The minimum absolute atomic E-state index is 0.0501. The fraction of sp³-hybridized carbons (Fsp3) is 0.842. The van der Waals surface area contributed by atoms with Crippen molar-refractivity contribution in [3.05, 3.63) is 0 Å². The predicted molar refractivity (Wildman–Crippen MR) is 100 cm³/mol. The third-order valence-electron chi connectivity index (χ3n) is 5.69. The maximum atomic E-state index is 12.4. The van der Waals surface area contributed by atoms with Crippen LogP contribution in [-0.2, 0) is 9.59 Å². The van der Waals surface area contributed by atoms with E-state index in [1.807, 2.05) is 18.7 Å². The second kappa shape index (κ2) is 9.33. The fourth-order valence-electron chi connectivity index (χ4n) is 3.37. The lowest BCUT2D eigenvalue weighted by atomic mass is 9.90. The molecule has 2 amide bonds. The summed E-state index contributed by atoms with van der Waals surface area (Å²) < 4.78 is 0. The number of hydrogen-bond acceptors (Lipinski definition) is 5. The van der Waals surface area contributed by atoms with Gasteiger partial charge in [-0.2, -0.15) is 5.26 Å². The number of hydrogen-bond donors (Lipinski definition) is 1. The highest BCUT2D eigenvalue weighted by Gasteiger charge is 2.31. The van der Waals surface area contributed by atoms with Crippen LogP contribution in [0.15, 0.2) is 0 Å². The van der Waals surface area contributed by atoms with E-state index in [1.54, 1.807) is 6.92 Å². The summed E-state index contributed by atoms with van der Waals surface area (Å²) in [6.45, 7) is 11.3. The Balaban J connectivity index is 1.72. The monoisotopic (exact) mass is 363 g/mol. The van der Waals surface area contributed by atoms with Crippen molar-refractivity contribution in [3.8, 4) is 6.07 Å². The first kappa shape index (κ1) is 20.7. The zero-order chi connectivity index (χ0) is 19.2. The number of nitriles is 1. The quantitative estimate of drug-likeness (QED) is 0.750. The van der Waals surface area contributed by atoms with Crippen LogP contribution in [0, 0.1) is 17.2 Å². The van der Waals surface area contributed by atoms with E-state index in [-0.39, 0.29) is 17.7 Å². The minimum Gasteiger partial charge on any atom is -0.342 e. The fourth-order valence-corrected chi connectivity index (χ4v) is 3.37. The molecular formula is C19H33N5O2. The Morgan fingerprint density at radius 1 is 1.00 bits per heavy atom. The topological polar surface area (TPSA) is 79.7 Å². The van der Waals surface area contributed by atoms with Crippen molar-refractivity contribution in [2.75, 3.05) is 52.4 Å². The van der Waals surface area contributed by atoms with Gasteiger partial charge in [0.05, 0.1) is 19.2 Å². The van der Waals surface area contributed by atoms with E-state index in [4.69, 9.17) is 0 Å². The molecule has 1 N–H and O–H groups in total. The van der Waals surface area contributed by atoms with Crippen molar-refractivity contribution >= 4 is 11.8 Å². The molecule has 2 aliphatic heterocycles. The van der Waals surface area contributed by atoms with E-state index in [0.717, 1.165) is 52.1 Å². The normalized spacial score (nSPS) is 21.9. The van der Waals surface area contributed by atoms with Gasteiger partial charge >= 0.3 is 0 Å². The van der Waals surface area contributed by atoms with Crippen LogP contribution >= 0.6 is 0 Å². The molecule has 0 aromatic carbocycles. The van der Waals surface area contributed by atoms with Gasteiger partial charge in [0.1, 0.15) is 5.54 Å². The summed E-state index contributed by atoms with van der Waals surface area (Å²) in [6.07, 6.45) is 3.46. The van der Waals surface area contributed by atoms with Crippen molar-refractivity contribution in [1.29, 1.82) is 5.26 Å². The highest BCUT2D eigenvalue weighted by Crippen LogP contribution is 2.15. The molecule has 0 aromatic rings. The van der Waals surface area contributed by atoms with Crippen LogP contribution in [0.3, 0.4) is 0 Å². The first-order valence-corrected chi connectivity index (χ1v) is 9.79. The molecule has 146 valence electrons. The summed E-state index contributed by atoms with van der Waals surface area (Å²) in [5.74, 6) is 0.173. The third-order valence-corrected chi connectivity index (χ3v) is 5.69. The van der Waals surface area contributed by atoms with Gasteiger partial charge in [0.15, 0.2) is 0 Å². The number of nitrogens with one attached hydrogen (secondary N) is 1. The molecule has 2 aliphatic rings. The summed E-state index contributed by atoms with van der Waals surface area (Å²) in [6, 6.07) is 2.20. The lowest BCUT2D eigenvalue weighted by Crippen LogP contribution is -2.55. The maximum Gasteiger partial charge on any atom is 0.236 e. The first-order chi connectivity index (χ1) is 12.3. The van der Waals surface area contributed by atoms with Gasteiger partial charge in [-0.3, -0.25) is 19.4 Å². The number of carbonyl (C=O) groups is 2. The van der Waals surface area contributed by atoms with Gasteiger partial charge in [0.2, 0.25) is 11.8 Å². The smallest absolute Gasteiger partial charge is 0.236 e. The Labute approximate surface area is 157 Å². The standard InChI is InChI=1S/C19H33N5O2/c1-16(2)19(3,15-20)21-17(25)13-22-9-11-23(12-10-22)14-18(26)24-7-5-4-6-8-24/h16H,4-14H2,1-3H3,(H,21,25). The molecule has 2 rings (SSSR count). The number of rotatable bonds is 6. The number of nitrogens with zero attached hydrogens (tertiary/aromatic N) is 4. The number of carbonyl (C=O) groups excluding carboxylic acids is 2. The van der Waals surface area contributed by atoms with Crippen LogP contribution in [-0.4, -0.2) is 84.4 Å². The van der Waals surface area contributed by atoms with Crippen LogP contribution in [0.4, 0.5) is 0 Å². The molecule has 1 unspecified atom stereocenters. The summed E-state index contributed by atoms with van der Waals surface area (Å²) >= 11 is 0. The van der Waals surface area contributed by atoms with Crippen molar-refractivity contribution in [1.82, 2.24) is 20.0 Å². The average molecular weight is 364 g/mol. The number of amides is 2. The van der Waals surface area contributed by atoms with Crippen molar-refractivity contribution in [2.45, 2.75) is 45.6 Å². The average Bonchev–Trinajstić information content (AvgIpc) is 2.63. The van der Waals surface area contributed by atoms with Crippen LogP contribution in [0.2, 0.25) is 0 Å². The van der Waals surface area contributed by atoms with Gasteiger partial charge < -0.3 is 10.2 Å². The molecule has 0 aliphatic carbocycles. The predicted octanol–water partition coefficient (Wildman–Crippen LogP) is 0.671. The summed E-state index contributed by atoms with van der Waals surface area (Å²) in [7, 11) is 0. The Kier molecular flexibility index (Phi) is 7.42. The van der Waals surface area contributed by atoms with E-state index in [9.17, 15) is 14.9 Å². The Morgan fingerprint density at radius 2 is 1.54 bits per heavy atom. The number of piperazine rings is 1. The molecule has 0 spiro atoms. The summed E-state index contributed by atoms with van der Waals surface area (Å²) in [4.78, 5) is 30.9. The molecule has 2 saturated heterocycles. The largest absolute Gasteiger partial charge is 0.342 e. The van der Waals surface area contributed by atoms with Gasteiger partial charge in [0.25, 0.3) is 0 Å². The van der Waals surface area contributed by atoms with E-state index in [0.29, 0.717) is 13.1 Å². The van der Waals surface area contributed by atoms with Gasteiger partial charge in [0, 0.05) is 39.3 Å². The lowest BCUT2D eigenvalue weighted by Gasteiger charge is -2.36. The van der Waals surface area contributed by atoms with E-state index in [2.05, 4.69) is 21.2 Å². The van der Waals surface area contributed by atoms with Gasteiger partial charge in [-0.25, -0.2) is 0 Å². The summed E-state index contributed by atoms with van der Waals surface area (Å²) in [5.41, 5.74) is -0.834. The lowest BCUT2D eigenvalue weighted by molar-refractivity contribution is -0.134. The molecule has 0 bridgehead atoms. The molecule has 2 fully saturated rings. The summed E-state index contributed by atoms with van der Waals surface area (Å²) in [5, 5.41) is 12.2. The highest BCUT2D eigenvalue weighted by atomic mass is 16.2. The van der Waals surface area contributed by atoms with Gasteiger partial charge in [-0.05, 0) is 32.1 Å². The molecule has 26 heavy (non-hydrogen) atoms.